The van der Waals surface area contributed by atoms with Gasteiger partial charge in [0.1, 0.15) is 17.6 Å². The number of benzene rings is 1. The maximum absolute atomic E-state index is 11.3. The van der Waals surface area contributed by atoms with Gasteiger partial charge in [-0.25, -0.2) is 4.79 Å². The Morgan fingerprint density at radius 2 is 1.91 bits per heavy atom. The molecule has 120 valence electrons. The highest BCUT2D eigenvalue weighted by Gasteiger charge is 2.26. The zero-order valence-corrected chi connectivity index (χ0v) is 14.0. The van der Waals surface area contributed by atoms with Gasteiger partial charge in [0, 0.05) is 11.4 Å². The van der Waals surface area contributed by atoms with Gasteiger partial charge in [-0.2, -0.15) is 5.10 Å². The van der Waals surface area contributed by atoms with Crippen LogP contribution in [0.2, 0.25) is 15.1 Å². The van der Waals surface area contributed by atoms with Crippen LogP contribution in [-0.2, 0) is 6.42 Å². The highest BCUT2D eigenvalue weighted by molar-refractivity contribution is 6.41. The summed E-state index contributed by atoms with van der Waals surface area (Å²) in [7, 11) is 0. The number of rotatable bonds is 3. The van der Waals surface area contributed by atoms with E-state index in [1.807, 2.05) is 0 Å². The fourth-order valence-electron chi connectivity index (χ4n) is 2.48. The normalized spacial score (nSPS) is 15.5. The van der Waals surface area contributed by atoms with Crippen molar-refractivity contribution in [3.63, 3.8) is 0 Å². The number of furan rings is 1. The van der Waals surface area contributed by atoms with Crippen LogP contribution in [0.3, 0.4) is 0 Å². The Bertz CT molecular complexity index is 791. The molecule has 0 radical (unpaired) electrons. The quantitative estimate of drug-likeness (QED) is 0.735. The number of nitrogens with zero attached hydrogens (tertiary/aromatic N) is 1. The van der Waals surface area contributed by atoms with Crippen LogP contribution in [0.5, 0.6) is 0 Å². The Labute approximate surface area is 146 Å². The van der Waals surface area contributed by atoms with E-state index in [0.717, 1.165) is 6.42 Å². The molecule has 1 aromatic carbocycles. The molecule has 0 spiro atoms. The summed E-state index contributed by atoms with van der Waals surface area (Å²) in [5.41, 5.74) is 4.45. The van der Waals surface area contributed by atoms with Crippen LogP contribution in [-0.4, -0.2) is 16.8 Å². The summed E-state index contributed by atoms with van der Waals surface area (Å²) >= 11 is 18.1. The van der Waals surface area contributed by atoms with Gasteiger partial charge in [0.25, 0.3) is 0 Å². The minimum absolute atomic E-state index is 0.105. The van der Waals surface area contributed by atoms with Crippen LogP contribution in [0, 0.1) is 0 Å². The number of halogens is 3. The highest BCUT2D eigenvalue weighted by Crippen LogP contribution is 2.34. The highest BCUT2D eigenvalue weighted by atomic mass is 35.5. The van der Waals surface area contributed by atoms with Crippen molar-refractivity contribution in [2.75, 3.05) is 5.43 Å². The van der Waals surface area contributed by atoms with Crippen molar-refractivity contribution in [2.45, 2.75) is 19.3 Å². The first-order valence-corrected chi connectivity index (χ1v) is 7.92. The zero-order chi connectivity index (χ0) is 16.6. The van der Waals surface area contributed by atoms with E-state index in [0.29, 0.717) is 50.6 Å². The standard InChI is InChI=1S/C15H11Cl3N2O3/c16-7-4-9(17)14(10(18)5-7)20-19-11-2-1-3-12-13(11)8(6-23-12)15(21)22/h4-6,20H,1-3H2,(H,21,22). The van der Waals surface area contributed by atoms with E-state index < -0.39 is 5.97 Å². The van der Waals surface area contributed by atoms with E-state index in [1.54, 1.807) is 12.1 Å². The molecule has 1 aliphatic carbocycles. The van der Waals surface area contributed by atoms with Crippen LogP contribution < -0.4 is 5.43 Å². The van der Waals surface area contributed by atoms with Crippen molar-refractivity contribution in [2.24, 2.45) is 5.10 Å². The molecule has 3 rings (SSSR count). The number of carboxylic acids is 1. The smallest absolute Gasteiger partial charge is 0.339 e. The molecule has 0 aliphatic heterocycles. The maximum Gasteiger partial charge on any atom is 0.339 e. The van der Waals surface area contributed by atoms with Gasteiger partial charge < -0.3 is 9.52 Å². The minimum Gasteiger partial charge on any atom is -0.478 e. The van der Waals surface area contributed by atoms with Crippen LogP contribution in [0.1, 0.15) is 34.5 Å². The largest absolute Gasteiger partial charge is 0.478 e. The number of carbonyl (C=O) groups is 1. The van der Waals surface area contributed by atoms with Crippen molar-refractivity contribution >= 4 is 52.2 Å². The Kier molecular flexibility index (Phi) is 4.53. The van der Waals surface area contributed by atoms with Gasteiger partial charge in [-0.15, -0.1) is 0 Å². The van der Waals surface area contributed by atoms with Crippen LogP contribution in [0.4, 0.5) is 5.69 Å². The number of hydrogen-bond acceptors (Lipinski definition) is 4. The van der Waals surface area contributed by atoms with E-state index in [1.165, 1.54) is 6.26 Å². The van der Waals surface area contributed by atoms with Gasteiger partial charge in [0.15, 0.2) is 0 Å². The van der Waals surface area contributed by atoms with Gasteiger partial charge in [-0.1, -0.05) is 34.8 Å². The lowest BCUT2D eigenvalue weighted by Crippen LogP contribution is -2.15. The molecule has 5 nitrogen and oxygen atoms in total. The summed E-state index contributed by atoms with van der Waals surface area (Å²) in [5, 5.41) is 14.6. The summed E-state index contributed by atoms with van der Waals surface area (Å²) in [6, 6.07) is 3.09. The number of anilines is 1. The number of aromatic carboxylic acids is 1. The van der Waals surface area contributed by atoms with E-state index in [-0.39, 0.29) is 5.56 Å². The molecule has 23 heavy (non-hydrogen) atoms. The molecule has 0 atom stereocenters. The summed E-state index contributed by atoms with van der Waals surface area (Å²) in [5.74, 6) is -0.422. The molecule has 2 aromatic rings. The van der Waals surface area contributed by atoms with Crippen molar-refractivity contribution < 1.29 is 14.3 Å². The van der Waals surface area contributed by atoms with Crippen LogP contribution >= 0.6 is 34.8 Å². The van der Waals surface area contributed by atoms with Crippen molar-refractivity contribution in [1.82, 2.24) is 0 Å². The lowest BCUT2D eigenvalue weighted by atomic mass is 9.93. The lowest BCUT2D eigenvalue weighted by Gasteiger charge is -2.14. The lowest BCUT2D eigenvalue weighted by molar-refractivity contribution is 0.0696. The summed E-state index contributed by atoms with van der Waals surface area (Å²) in [4.78, 5) is 11.3. The molecule has 2 N–H and O–H groups in total. The maximum atomic E-state index is 11.3. The summed E-state index contributed by atoms with van der Waals surface area (Å²) in [6.07, 6.45) is 3.38. The van der Waals surface area contributed by atoms with Crippen molar-refractivity contribution in [1.29, 1.82) is 0 Å². The molecular formula is C15H11Cl3N2O3. The molecule has 1 aliphatic rings. The third kappa shape index (κ3) is 3.17. The molecule has 0 saturated carbocycles. The molecule has 0 amide bonds. The Balaban J connectivity index is 1.97. The van der Waals surface area contributed by atoms with E-state index >= 15 is 0 Å². The third-order valence-corrected chi connectivity index (χ3v) is 4.33. The van der Waals surface area contributed by atoms with E-state index in [2.05, 4.69) is 10.5 Å². The fraction of sp³-hybridized carbons (Fsp3) is 0.200. The number of fused-ring (bicyclic) bond motifs is 1. The monoisotopic (exact) mass is 372 g/mol. The van der Waals surface area contributed by atoms with Gasteiger partial charge >= 0.3 is 5.97 Å². The number of nitrogens with one attached hydrogen (secondary N) is 1. The molecule has 0 fully saturated rings. The summed E-state index contributed by atoms with van der Waals surface area (Å²) in [6.45, 7) is 0. The number of aryl methyl sites for hydroxylation is 1. The van der Waals surface area contributed by atoms with Crippen molar-refractivity contribution in [3.05, 3.63) is 50.4 Å². The second-order valence-corrected chi connectivity index (χ2v) is 6.27. The molecule has 1 heterocycles. The van der Waals surface area contributed by atoms with Crippen LogP contribution in [0.25, 0.3) is 0 Å². The number of carboxylic acid groups (broad SMARTS) is 1. The first kappa shape index (κ1) is 16.2. The Morgan fingerprint density at radius 3 is 2.57 bits per heavy atom. The SMILES string of the molecule is O=C(O)c1coc2c1C(=NNc1c(Cl)cc(Cl)cc1Cl)CCC2. The Morgan fingerprint density at radius 1 is 1.22 bits per heavy atom. The van der Waals surface area contributed by atoms with Gasteiger partial charge in [-0.05, 0) is 25.0 Å². The molecule has 1 aromatic heterocycles. The molecule has 0 unspecified atom stereocenters. The van der Waals surface area contributed by atoms with Crippen LogP contribution in [0.15, 0.2) is 27.9 Å². The Hall–Kier alpha value is -1.69. The van der Waals surface area contributed by atoms with Crippen molar-refractivity contribution in [3.8, 4) is 0 Å². The molecule has 0 bridgehead atoms. The van der Waals surface area contributed by atoms with E-state index in [9.17, 15) is 9.90 Å². The number of hydrazone groups is 1. The minimum atomic E-state index is -1.05. The fourth-order valence-corrected chi connectivity index (χ4v) is 3.38. The first-order valence-electron chi connectivity index (χ1n) is 6.78. The predicted octanol–water partition coefficient (Wildman–Crippen LogP) is 5.09. The summed E-state index contributed by atoms with van der Waals surface area (Å²) < 4.78 is 5.33. The zero-order valence-electron chi connectivity index (χ0n) is 11.7. The second-order valence-electron chi connectivity index (χ2n) is 5.02. The van der Waals surface area contributed by atoms with E-state index in [4.69, 9.17) is 39.2 Å². The molecule has 8 heteroatoms. The average Bonchev–Trinajstić information content (AvgIpc) is 2.91. The second kappa shape index (κ2) is 6.43. The van der Waals surface area contributed by atoms with Gasteiger partial charge in [0.2, 0.25) is 0 Å². The third-order valence-electron chi connectivity index (χ3n) is 3.51. The van der Waals surface area contributed by atoms with Gasteiger partial charge in [-0.3, -0.25) is 5.43 Å². The van der Waals surface area contributed by atoms with Gasteiger partial charge in [0.05, 0.1) is 27.0 Å². The first-order chi connectivity index (χ1) is 11.0. The average molecular weight is 374 g/mol. The molecule has 0 saturated heterocycles. The number of hydrogen-bond donors (Lipinski definition) is 2. The topological polar surface area (TPSA) is 74.8 Å². The predicted molar refractivity (Wildman–Crippen MR) is 90.2 cm³/mol. The molecular weight excluding hydrogens is 363 g/mol.